The van der Waals surface area contributed by atoms with Crippen molar-refractivity contribution >= 4 is 59.5 Å². The number of aromatic nitrogens is 1. The SMILES string of the molecule is CN1CCc2c(sc(NC(=O)c3cccc(NS(=O)(=O)c4ccc(F)cc4)c3)c2-c2nc3ccccc3s2)C1. The van der Waals surface area contributed by atoms with Gasteiger partial charge in [0, 0.05) is 34.8 Å². The molecule has 7 nitrogen and oxygen atoms in total. The molecule has 1 aliphatic rings. The first-order chi connectivity index (χ1) is 18.8. The van der Waals surface area contributed by atoms with Gasteiger partial charge in [0.05, 0.1) is 15.1 Å². The number of carbonyl (C=O) groups is 1. The van der Waals surface area contributed by atoms with Crippen molar-refractivity contribution in [3.8, 4) is 10.6 Å². The zero-order chi connectivity index (χ0) is 27.1. The Morgan fingerprint density at radius 2 is 1.82 bits per heavy atom. The first-order valence-electron chi connectivity index (χ1n) is 12.2. The minimum atomic E-state index is -3.95. The number of nitrogens with zero attached hydrogens (tertiary/aromatic N) is 2. The quantitative estimate of drug-likeness (QED) is 0.250. The summed E-state index contributed by atoms with van der Waals surface area (Å²) < 4.78 is 42.3. The monoisotopic (exact) mass is 578 g/mol. The number of para-hydroxylation sites is 1. The predicted molar refractivity (Wildman–Crippen MR) is 155 cm³/mol. The summed E-state index contributed by atoms with van der Waals surface area (Å²) in [5.41, 5.74) is 3.63. The number of benzene rings is 3. The van der Waals surface area contributed by atoms with E-state index in [1.165, 1.54) is 28.6 Å². The number of halogens is 1. The summed E-state index contributed by atoms with van der Waals surface area (Å²) in [5.74, 6) is -0.883. The highest BCUT2D eigenvalue weighted by atomic mass is 32.2. The number of amides is 1. The van der Waals surface area contributed by atoms with Crippen LogP contribution < -0.4 is 10.0 Å². The van der Waals surface area contributed by atoms with E-state index >= 15 is 0 Å². The summed E-state index contributed by atoms with van der Waals surface area (Å²) in [6.45, 7) is 1.72. The van der Waals surface area contributed by atoms with Crippen LogP contribution in [0.2, 0.25) is 0 Å². The number of carbonyl (C=O) groups excluding carboxylic acids is 1. The molecule has 1 aliphatic heterocycles. The highest BCUT2D eigenvalue weighted by Crippen LogP contribution is 2.45. The third kappa shape index (κ3) is 5.18. The zero-order valence-electron chi connectivity index (χ0n) is 20.8. The fraction of sp³-hybridized carbons (Fsp3) is 0.143. The van der Waals surface area contributed by atoms with Crippen LogP contribution in [0.3, 0.4) is 0 Å². The predicted octanol–water partition coefficient (Wildman–Crippen LogP) is 6.20. The molecule has 0 unspecified atom stereocenters. The van der Waals surface area contributed by atoms with Gasteiger partial charge in [-0.25, -0.2) is 17.8 Å². The lowest BCUT2D eigenvalue weighted by atomic mass is 10.0. The van der Waals surface area contributed by atoms with Gasteiger partial charge in [0.15, 0.2) is 0 Å². The lowest BCUT2D eigenvalue weighted by Crippen LogP contribution is -2.25. The van der Waals surface area contributed by atoms with E-state index in [9.17, 15) is 17.6 Å². The minimum absolute atomic E-state index is 0.0756. The van der Waals surface area contributed by atoms with Gasteiger partial charge in [-0.1, -0.05) is 18.2 Å². The first-order valence-corrected chi connectivity index (χ1v) is 15.3. The van der Waals surface area contributed by atoms with E-state index in [2.05, 4.69) is 22.0 Å². The molecular weight excluding hydrogens is 556 g/mol. The Labute approximate surface area is 233 Å². The van der Waals surface area contributed by atoms with Gasteiger partial charge in [-0.15, -0.1) is 22.7 Å². The lowest BCUT2D eigenvalue weighted by molar-refractivity contribution is 0.102. The second kappa shape index (κ2) is 10.2. The van der Waals surface area contributed by atoms with Crippen LogP contribution in [0, 0.1) is 5.82 Å². The number of hydrogen-bond donors (Lipinski definition) is 2. The number of rotatable bonds is 6. The molecule has 1 amide bonds. The van der Waals surface area contributed by atoms with Crippen LogP contribution in [-0.4, -0.2) is 37.8 Å². The highest BCUT2D eigenvalue weighted by Gasteiger charge is 2.27. The standard InChI is InChI=1S/C28H23FN4O3S3/c1-33-14-13-21-24(16-33)38-28(25(21)27-30-22-7-2-3-8-23(22)37-27)31-26(34)17-5-4-6-19(15-17)32-39(35,36)20-11-9-18(29)10-12-20/h2-12,15,32H,13-14,16H2,1H3,(H,31,34). The Morgan fingerprint density at radius 1 is 1.03 bits per heavy atom. The van der Waals surface area contributed by atoms with Gasteiger partial charge in [-0.2, -0.15) is 0 Å². The summed E-state index contributed by atoms with van der Waals surface area (Å²) in [6, 6.07) is 18.8. The van der Waals surface area contributed by atoms with Gasteiger partial charge >= 0.3 is 0 Å². The van der Waals surface area contributed by atoms with Crippen LogP contribution >= 0.6 is 22.7 Å². The molecule has 0 radical (unpaired) electrons. The number of anilines is 2. The number of nitrogens with one attached hydrogen (secondary N) is 2. The molecule has 6 rings (SSSR count). The summed E-state index contributed by atoms with van der Waals surface area (Å²) in [6.07, 6.45) is 0.865. The van der Waals surface area contributed by atoms with Crippen molar-refractivity contribution in [2.75, 3.05) is 23.6 Å². The smallest absolute Gasteiger partial charge is 0.261 e. The van der Waals surface area contributed by atoms with Crippen LogP contribution in [-0.2, 0) is 23.0 Å². The summed E-state index contributed by atoms with van der Waals surface area (Å²) in [4.78, 5) is 21.7. The Morgan fingerprint density at radius 3 is 2.62 bits per heavy atom. The average Bonchev–Trinajstić information content (AvgIpc) is 3.49. The van der Waals surface area contributed by atoms with Gasteiger partial charge < -0.3 is 10.2 Å². The van der Waals surface area contributed by atoms with Crippen LogP contribution in [0.15, 0.2) is 77.7 Å². The Hall–Kier alpha value is -3.64. The topological polar surface area (TPSA) is 91.4 Å². The Bertz CT molecular complexity index is 1780. The van der Waals surface area contributed by atoms with Crippen molar-refractivity contribution < 1.29 is 17.6 Å². The van der Waals surface area contributed by atoms with Crippen LogP contribution in [0.1, 0.15) is 20.8 Å². The normalized spacial score (nSPS) is 13.8. The van der Waals surface area contributed by atoms with Gasteiger partial charge in [0.1, 0.15) is 15.8 Å². The van der Waals surface area contributed by atoms with E-state index in [1.807, 2.05) is 24.3 Å². The van der Waals surface area contributed by atoms with Crippen LogP contribution in [0.4, 0.5) is 15.1 Å². The third-order valence-corrected chi connectivity index (χ3v) is 10.1. The van der Waals surface area contributed by atoms with E-state index in [4.69, 9.17) is 4.98 Å². The third-order valence-electron chi connectivity index (χ3n) is 6.48. The maximum Gasteiger partial charge on any atom is 0.261 e. The number of likely N-dealkylation sites (N-methyl/N-ethyl adjacent to an activating group) is 1. The van der Waals surface area contributed by atoms with Crippen LogP contribution in [0.5, 0.6) is 0 Å². The molecule has 0 fully saturated rings. The Kier molecular flexibility index (Phi) is 6.67. The van der Waals surface area contributed by atoms with E-state index < -0.39 is 15.8 Å². The molecule has 11 heteroatoms. The maximum absolute atomic E-state index is 13.4. The van der Waals surface area contributed by atoms with E-state index in [0.29, 0.717) is 5.56 Å². The minimum Gasteiger partial charge on any atom is -0.313 e. The van der Waals surface area contributed by atoms with Gasteiger partial charge in [0.25, 0.3) is 15.9 Å². The van der Waals surface area contributed by atoms with E-state index in [1.54, 1.807) is 40.9 Å². The molecule has 0 spiro atoms. The molecule has 2 aromatic heterocycles. The van der Waals surface area contributed by atoms with Gasteiger partial charge in [-0.05, 0) is 73.6 Å². The van der Waals surface area contributed by atoms with Crippen molar-refractivity contribution in [2.45, 2.75) is 17.9 Å². The molecule has 39 heavy (non-hydrogen) atoms. The fourth-order valence-electron chi connectivity index (χ4n) is 4.55. The number of thiophene rings is 1. The molecule has 0 bridgehead atoms. The molecule has 3 heterocycles. The largest absolute Gasteiger partial charge is 0.313 e. The first kappa shape index (κ1) is 25.6. The lowest BCUT2D eigenvalue weighted by Gasteiger charge is -2.22. The molecular formula is C28H23FN4O3S3. The molecule has 0 atom stereocenters. The highest BCUT2D eigenvalue weighted by molar-refractivity contribution is 7.92. The average molecular weight is 579 g/mol. The molecule has 0 aliphatic carbocycles. The van der Waals surface area contributed by atoms with Crippen molar-refractivity contribution in [3.63, 3.8) is 0 Å². The molecule has 2 N–H and O–H groups in total. The summed E-state index contributed by atoms with van der Waals surface area (Å²) in [5, 5.41) is 4.68. The Balaban J connectivity index is 1.31. The number of fused-ring (bicyclic) bond motifs is 2. The molecule has 0 saturated heterocycles. The van der Waals surface area contributed by atoms with Crippen molar-refractivity contribution in [2.24, 2.45) is 0 Å². The second-order valence-electron chi connectivity index (χ2n) is 9.28. The van der Waals surface area contributed by atoms with Crippen LogP contribution in [0.25, 0.3) is 20.8 Å². The molecule has 198 valence electrons. The maximum atomic E-state index is 13.4. The number of thiazole rings is 1. The summed E-state index contributed by atoms with van der Waals surface area (Å²) in [7, 11) is -1.87. The molecule has 0 saturated carbocycles. The molecule has 5 aromatic rings. The van der Waals surface area contributed by atoms with Crippen molar-refractivity contribution in [3.05, 3.63) is 94.6 Å². The molecule has 3 aromatic carbocycles. The van der Waals surface area contributed by atoms with Gasteiger partial charge in [-0.3, -0.25) is 9.52 Å². The fourth-order valence-corrected chi connectivity index (χ4v) is 8.03. The number of hydrogen-bond acceptors (Lipinski definition) is 7. The summed E-state index contributed by atoms with van der Waals surface area (Å²) >= 11 is 3.16. The second-order valence-corrected chi connectivity index (χ2v) is 13.1. The zero-order valence-corrected chi connectivity index (χ0v) is 23.2. The van der Waals surface area contributed by atoms with Crippen molar-refractivity contribution in [1.82, 2.24) is 9.88 Å². The van der Waals surface area contributed by atoms with Crippen molar-refractivity contribution in [1.29, 1.82) is 0 Å². The number of sulfonamides is 1. The van der Waals surface area contributed by atoms with Gasteiger partial charge in [0.2, 0.25) is 0 Å². The van der Waals surface area contributed by atoms with E-state index in [0.717, 1.165) is 57.4 Å². The van der Waals surface area contributed by atoms with E-state index in [-0.39, 0.29) is 16.5 Å².